The van der Waals surface area contributed by atoms with E-state index < -0.39 is 0 Å². The smallest absolute Gasteiger partial charge is 0.118 e. The number of fused-ring (bicyclic) bond motifs is 4. The van der Waals surface area contributed by atoms with Crippen molar-refractivity contribution < 1.29 is 4.74 Å². The summed E-state index contributed by atoms with van der Waals surface area (Å²) in [6.07, 6.45) is 4.75. The van der Waals surface area contributed by atoms with E-state index in [1.807, 2.05) is 24.5 Å². The van der Waals surface area contributed by atoms with Crippen LogP contribution in [0.2, 0.25) is 0 Å². The molecule has 1 aliphatic rings. The van der Waals surface area contributed by atoms with Crippen LogP contribution in [-0.2, 0) is 6.42 Å². The van der Waals surface area contributed by atoms with Gasteiger partial charge in [-0.05, 0) is 80.2 Å². The number of aromatic nitrogens is 1. The topological polar surface area (TPSA) is 22.1 Å². The van der Waals surface area contributed by atoms with Crippen LogP contribution in [0.15, 0.2) is 85.2 Å². The first kappa shape index (κ1) is 16.3. The molecule has 0 fully saturated rings. The zero-order valence-corrected chi connectivity index (χ0v) is 16.1. The first-order chi connectivity index (χ1) is 14.3. The Balaban J connectivity index is 1.66. The molecule has 2 nitrogen and oxygen atoms in total. The number of hydrogen-bond donors (Lipinski definition) is 0. The molecule has 4 aromatic carbocycles. The Labute approximate surface area is 169 Å². The maximum absolute atomic E-state index is 5.34. The van der Waals surface area contributed by atoms with Crippen LogP contribution >= 0.6 is 0 Å². The lowest BCUT2D eigenvalue weighted by molar-refractivity contribution is 0.414. The lowest BCUT2D eigenvalue weighted by atomic mass is 9.89. The van der Waals surface area contributed by atoms with Gasteiger partial charge in [0.2, 0.25) is 0 Å². The molecule has 6 rings (SSSR count). The zero-order valence-electron chi connectivity index (χ0n) is 16.1. The van der Waals surface area contributed by atoms with Crippen LogP contribution in [0, 0.1) is 0 Å². The fraction of sp³-hybridized carbons (Fsp3) is 0.0741. The van der Waals surface area contributed by atoms with Crippen LogP contribution in [0.4, 0.5) is 0 Å². The molecule has 0 bridgehead atoms. The number of nitrogens with zero attached hydrogens (tertiary/aromatic N) is 1. The molecule has 29 heavy (non-hydrogen) atoms. The van der Waals surface area contributed by atoms with Crippen molar-refractivity contribution in [2.45, 2.75) is 6.42 Å². The van der Waals surface area contributed by atoms with Gasteiger partial charge in [0.05, 0.1) is 7.11 Å². The lowest BCUT2D eigenvalue weighted by Crippen LogP contribution is -1.95. The highest BCUT2D eigenvalue weighted by Gasteiger charge is 2.25. The molecule has 1 heterocycles. The van der Waals surface area contributed by atoms with E-state index in [1.54, 1.807) is 7.11 Å². The van der Waals surface area contributed by atoms with Crippen molar-refractivity contribution in [3.63, 3.8) is 0 Å². The van der Waals surface area contributed by atoms with Crippen molar-refractivity contribution in [2.75, 3.05) is 7.11 Å². The van der Waals surface area contributed by atoms with E-state index in [0.717, 1.165) is 12.2 Å². The number of methoxy groups -OCH3 is 1. The highest BCUT2D eigenvalue weighted by Crippen LogP contribution is 2.50. The minimum Gasteiger partial charge on any atom is -0.497 e. The van der Waals surface area contributed by atoms with Crippen molar-refractivity contribution >= 4 is 21.5 Å². The van der Waals surface area contributed by atoms with Crippen molar-refractivity contribution in [3.8, 4) is 28.0 Å². The van der Waals surface area contributed by atoms with Gasteiger partial charge in [-0.25, -0.2) is 0 Å². The monoisotopic (exact) mass is 373 g/mol. The van der Waals surface area contributed by atoms with Crippen LogP contribution in [0.25, 0.3) is 43.8 Å². The van der Waals surface area contributed by atoms with Gasteiger partial charge in [-0.3, -0.25) is 4.98 Å². The number of hydrogen-bond acceptors (Lipinski definition) is 2. The van der Waals surface area contributed by atoms with Gasteiger partial charge in [0.25, 0.3) is 0 Å². The maximum atomic E-state index is 5.34. The molecular weight excluding hydrogens is 354 g/mol. The van der Waals surface area contributed by atoms with Crippen molar-refractivity contribution in [1.29, 1.82) is 0 Å². The van der Waals surface area contributed by atoms with Crippen LogP contribution < -0.4 is 4.74 Å². The Bertz CT molecular complexity index is 1390. The summed E-state index contributed by atoms with van der Waals surface area (Å²) in [5.41, 5.74) is 8.01. The molecule has 0 saturated heterocycles. The lowest BCUT2D eigenvalue weighted by Gasteiger charge is -2.15. The summed E-state index contributed by atoms with van der Waals surface area (Å²) in [6.45, 7) is 0. The molecule has 1 aromatic heterocycles. The number of pyridine rings is 1. The average Bonchev–Trinajstić information content (AvgIpc) is 3.10. The molecule has 0 aliphatic heterocycles. The van der Waals surface area contributed by atoms with Crippen LogP contribution in [-0.4, -0.2) is 12.1 Å². The minimum atomic E-state index is 0.873. The Morgan fingerprint density at radius 1 is 0.793 bits per heavy atom. The molecule has 0 N–H and O–H groups in total. The van der Waals surface area contributed by atoms with Crippen molar-refractivity contribution in [1.82, 2.24) is 4.98 Å². The van der Waals surface area contributed by atoms with Crippen LogP contribution in [0.1, 0.15) is 11.1 Å². The second-order valence-electron chi connectivity index (χ2n) is 7.61. The van der Waals surface area contributed by atoms with Gasteiger partial charge in [0.1, 0.15) is 5.75 Å². The molecule has 0 spiro atoms. The van der Waals surface area contributed by atoms with Gasteiger partial charge in [-0.1, -0.05) is 48.5 Å². The molecular formula is C27H19NO. The van der Waals surface area contributed by atoms with Crippen LogP contribution in [0.5, 0.6) is 5.75 Å². The molecule has 138 valence electrons. The third-order valence-electron chi connectivity index (χ3n) is 6.05. The summed E-state index contributed by atoms with van der Waals surface area (Å²) < 4.78 is 5.34. The van der Waals surface area contributed by atoms with Crippen molar-refractivity contribution in [3.05, 3.63) is 96.3 Å². The summed E-state index contributed by atoms with van der Waals surface area (Å²) in [5.74, 6) is 0.887. The third kappa shape index (κ3) is 2.39. The van der Waals surface area contributed by atoms with Gasteiger partial charge in [-0.2, -0.15) is 0 Å². The van der Waals surface area contributed by atoms with Crippen LogP contribution in [0.3, 0.4) is 0 Å². The van der Waals surface area contributed by atoms with E-state index in [-0.39, 0.29) is 0 Å². The van der Waals surface area contributed by atoms with Gasteiger partial charge >= 0.3 is 0 Å². The van der Waals surface area contributed by atoms with Gasteiger partial charge in [-0.15, -0.1) is 0 Å². The fourth-order valence-corrected chi connectivity index (χ4v) is 4.75. The summed E-state index contributed by atoms with van der Waals surface area (Å²) in [7, 11) is 1.71. The quantitative estimate of drug-likeness (QED) is 0.347. The molecule has 0 amide bonds. The predicted octanol–water partition coefficient (Wildman–Crippen LogP) is 6.63. The average molecular weight is 373 g/mol. The maximum Gasteiger partial charge on any atom is 0.118 e. The number of ether oxygens (including phenoxy) is 1. The minimum absolute atomic E-state index is 0.873. The van der Waals surface area contributed by atoms with E-state index >= 15 is 0 Å². The van der Waals surface area contributed by atoms with Crippen molar-refractivity contribution in [2.24, 2.45) is 0 Å². The van der Waals surface area contributed by atoms with Gasteiger partial charge in [0, 0.05) is 17.8 Å². The normalized spacial score (nSPS) is 11.8. The van der Waals surface area contributed by atoms with E-state index in [4.69, 9.17) is 4.74 Å². The molecule has 2 heteroatoms. The Hall–Kier alpha value is -3.65. The molecule has 0 radical (unpaired) electrons. The van der Waals surface area contributed by atoms with E-state index in [1.165, 1.54) is 54.9 Å². The Morgan fingerprint density at radius 2 is 1.59 bits per heavy atom. The second kappa shape index (κ2) is 6.18. The standard InChI is InChI=1S/C27H19NO/c1-29-20-10-8-17(9-11-20)14-24-21-12-13-28-16-19(21)15-25-22-6-2-4-18-5-3-7-23(26(18)22)27(24)25/h2-13,15-16H,14H2,1H3. The molecule has 0 atom stereocenters. The summed E-state index contributed by atoms with van der Waals surface area (Å²) in [4.78, 5) is 4.39. The number of rotatable bonds is 3. The molecule has 1 aliphatic carbocycles. The highest BCUT2D eigenvalue weighted by molar-refractivity contribution is 6.18. The molecule has 0 unspecified atom stereocenters. The summed E-state index contributed by atoms with van der Waals surface area (Å²) in [6, 6.07) is 26.1. The first-order valence-corrected chi connectivity index (χ1v) is 9.88. The fourth-order valence-electron chi connectivity index (χ4n) is 4.75. The Morgan fingerprint density at radius 3 is 2.38 bits per heavy atom. The second-order valence-corrected chi connectivity index (χ2v) is 7.61. The molecule has 0 saturated carbocycles. The summed E-state index contributed by atoms with van der Waals surface area (Å²) in [5, 5.41) is 5.14. The van der Waals surface area contributed by atoms with E-state index in [2.05, 4.69) is 65.6 Å². The number of benzene rings is 4. The molecule has 5 aromatic rings. The first-order valence-electron chi connectivity index (χ1n) is 9.88. The Kier molecular flexibility index (Phi) is 3.48. The highest BCUT2D eigenvalue weighted by atomic mass is 16.5. The van der Waals surface area contributed by atoms with Gasteiger partial charge in [0.15, 0.2) is 0 Å². The van der Waals surface area contributed by atoms with E-state index in [9.17, 15) is 0 Å². The predicted molar refractivity (Wildman–Crippen MR) is 119 cm³/mol. The largest absolute Gasteiger partial charge is 0.497 e. The van der Waals surface area contributed by atoms with Gasteiger partial charge < -0.3 is 4.74 Å². The van der Waals surface area contributed by atoms with E-state index in [0.29, 0.717) is 0 Å². The SMILES string of the molecule is COc1ccc(Cc2c3c(cc4cnccc24)-c2cccc4cccc-3c24)cc1. The third-order valence-corrected chi connectivity index (χ3v) is 6.05. The zero-order chi connectivity index (χ0) is 19.4. The summed E-state index contributed by atoms with van der Waals surface area (Å²) >= 11 is 0.